The standard InChI is InChI=1S/C12H16N2O5/c1-4-8(2)19-12(16)9(3)13-7-10(14(17)18)5-6-11(13)15/h5-9H,4H2,1-3H3. The molecule has 0 aromatic carbocycles. The minimum Gasteiger partial charge on any atom is -0.461 e. The van der Waals surface area contributed by atoms with E-state index in [1.54, 1.807) is 6.92 Å². The fraction of sp³-hybridized carbons (Fsp3) is 0.500. The summed E-state index contributed by atoms with van der Waals surface area (Å²) in [6, 6.07) is 1.26. The fourth-order valence-electron chi connectivity index (χ4n) is 1.40. The van der Waals surface area contributed by atoms with Crippen LogP contribution in [0.4, 0.5) is 5.69 Å². The van der Waals surface area contributed by atoms with E-state index in [1.807, 2.05) is 6.92 Å². The van der Waals surface area contributed by atoms with Gasteiger partial charge in [-0.25, -0.2) is 4.79 Å². The SMILES string of the molecule is CCC(C)OC(=O)C(C)n1cc([N+](=O)[O-])ccc1=O. The van der Waals surface area contributed by atoms with Crippen molar-refractivity contribution >= 4 is 11.7 Å². The van der Waals surface area contributed by atoms with Crippen LogP contribution in [0.1, 0.15) is 33.2 Å². The van der Waals surface area contributed by atoms with Gasteiger partial charge in [-0.3, -0.25) is 19.5 Å². The van der Waals surface area contributed by atoms with E-state index in [-0.39, 0.29) is 11.8 Å². The third kappa shape index (κ3) is 3.64. The smallest absolute Gasteiger partial charge is 0.329 e. The molecule has 0 saturated carbocycles. The topological polar surface area (TPSA) is 91.4 Å². The van der Waals surface area contributed by atoms with Crippen LogP contribution >= 0.6 is 0 Å². The Balaban J connectivity index is 3.01. The zero-order chi connectivity index (χ0) is 14.6. The number of nitrogens with zero attached hydrogens (tertiary/aromatic N) is 2. The van der Waals surface area contributed by atoms with Crippen molar-refractivity contribution in [3.63, 3.8) is 0 Å². The summed E-state index contributed by atoms with van der Waals surface area (Å²) < 4.78 is 6.11. The molecule has 0 fully saturated rings. The van der Waals surface area contributed by atoms with E-state index in [9.17, 15) is 19.7 Å². The number of pyridine rings is 1. The summed E-state index contributed by atoms with van der Waals surface area (Å²) in [4.78, 5) is 33.5. The monoisotopic (exact) mass is 268 g/mol. The Morgan fingerprint density at radius 2 is 2.11 bits per heavy atom. The van der Waals surface area contributed by atoms with E-state index in [0.717, 1.165) is 22.9 Å². The normalized spacial score (nSPS) is 13.6. The highest BCUT2D eigenvalue weighted by Crippen LogP contribution is 2.13. The summed E-state index contributed by atoms with van der Waals surface area (Å²) in [6.07, 6.45) is 1.44. The number of aromatic nitrogens is 1. The van der Waals surface area contributed by atoms with Crippen molar-refractivity contribution in [2.75, 3.05) is 0 Å². The van der Waals surface area contributed by atoms with Crippen LogP contribution in [0, 0.1) is 10.1 Å². The first-order valence-corrected chi connectivity index (χ1v) is 5.93. The second kappa shape index (κ2) is 6.12. The number of carbonyl (C=O) groups is 1. The lowest BCUT2D eigenvalue weighted by Gasteiger charge is -2.17. The van der Waals surface area contributed by atoms with Gasteiger partial charge in [0.05, 0.1) is 17.2 Å². The number of rotatable bonds is 5. The average molecular weight is 268 g/mol. The number of carbonyl (C=O) groups excluding carboxylic acids is 1. The zero-order valence-electron chi connectivity index (χ0n) is 11.0. The van der Waals surface area contributed by atoms with Gasteiger partial charge < -0.3 is 4.74 Å². The van der Waals surface area contributed by atoms with Gasteiger partial charge in [-0.15, -0.1) is 0 Å². The first-order valence-electron chi connectivity index (χ1n) is 5.93. The molecule has 0 amide bonds. The number of nitro groups is 1. The van der Waals surface area contributed by atoms with Crippen LogP contribution in [-0.4, -0.2) is 21.6 Å². The lowest BCUT2D eigenvalue weighted by Crippen LogP contribution is -2.30. The molecule has 0 spiro atoms. The predicted octanol–water partition coefficient (Wildman–Crippen LogP) is 1.66. The summed E-state index contributed by atoms with van der Waals surface area (Å²) in [5.74, 6) is -0.586. The van der Waals surface area contributed by atoms with Gasteiger partial charge in [-0.1, -0.05) is 6.92 Å². The van der Waals surface area contributed by atoms with Crippen LogP contribution in [-0.2, 0) is 9.53 Å². The van der Waals surface area contributed by atoms with Gasteiger partial charge in [0.25, 0.3) is 11.2 Å². The lowest BCUT2D eigenvalue weighted by molar-refractivity contribution is -0.385. The van der Waals surface area contributed by atoms with Crippen molar-refractivity contribution in [3.8, 4) is 0 Å². The Morgan fingerprint density at radius 3 is 2.63 bits per heavy atom. The predicted molar refractivity (Wildman–Crippen MR) is 67.9 cm³/mol. The maximum absolute atomic E-state index is 11.8. The Bertz CT molecular complexity index is 537. The maximum Gasteiger partial charge on any atom is 0.329 e. The van der Waals surface area contributed by atoms with Gasteiger partial charge >= 0.3 is 5.97 Å². The molecule has 0 saturated heterocycles. The molecule has 0 aliphatic rings. The Morgan fingerprint density at radius 1 is 1.47 bits per heavy atom. The number of hydrogen-bond acceptors (Lipinski definition) is 5. The van der Waals surface area contributed by atoms with Crippen LogP contribution in [0.3, 0.4) is 0 Å². The third-order valence-electron chi connectivity index (χ3n) is 2.78. The molecule has 19 heavy (non-hydrogen) atoms. The summed E-state index contributed by atoms with van der Waals surface area (Å²) in [5.41, 5.74) is -0.734. The molecule has 0 aliphatic carbocycles. The van der Waals surface area contributed by atoms with E-state index in [0.29, 0.717) is 6.42 Å². The molecule has 1 rings (SSSR count). The largest absolute Gasteiger partial charge is 0.461 e. The molecule has 0 radical (unpaired) electrons. The highest BCUT2D eigenvalue weighted by Gasteiger charge is 2.21. The van der Waals surface area contributed by atoms with E-state index in [1.165, 1.54) is 6.92 Å². The van der Waals surface area contributed by atoms with Crippen LogP contribution in [0.15, 0.2) is 23.1 Å². The minimum atomic E-state index is -0.901. The first-order chi connectivity index (χ1) is 8.86. The first kappa shape index (κ1) is 14.9. The molecule has 2 atom stereocenters. The quantitative estimate of drug-likeness (QED) is 0.460. The van der Waals surface area contributed by atoms with Gasteiger partial charge in [-0.05, 0) is 20.3 Å². The van der Waals surface area contributed by atoms with Crippen LogP contribution < -0.4 is 5.56 Å². The molecule has 7 heteroatoms. The highest BCUT2D eigenvalue weighted by molar-refractivity contribution is 5.74. The molecule has 0 N–H and O–H groups in total. The van der Waals surface area contributed by atoms with Gasteiger partial charge in [0, 0.05) is 12.1 Å². The molecule has 0 aliphatic heterocycles. The van der Waals surface area contributed by atoms with E-state index >= 15 is 0 Å². The van der Waals surface area contributed by atoms with Gasteiger partial charge in [0.2, 0.25) is 0 Å². The minimum absolute atomic E-state index is 0.247. The van der Waals surface area contributed by atoms with Crippen molar-refractivity contribution in [3.05, 3.63) is 38.8 Å². The average Bonchev–Trinajstić information content (AvgIpc) is 2.37. The van der Waals surface area contributed by atoms with Crippen molar-refractivity contribution in [2.45, 2.75) is 39.3 Å². The maximum atomic E-state index is 11.8. The van der Waals surface area contributed by atoms with Crippen molar-refractivity contribution in [2.24, 2.45) is 0 Å². The molecule has 7 nitrogen and oxygen atoms in total. The summed E-state index contributed by atoms with van der Waals surface area (Å²) >= 11 is 0. The van der Waals surface area contributed by atoms with Crippen LogP contribution in [0.5, 0.6) is 0 Å². The highest BCUT2D eigenvalue weighted by atomic mass is 16.6. The van der Waals surface area contributed by atoms with E-state index in [4.69, 9.17) is 4.74 Å². The number of hydrogen-bond donors (Lipinski definition) is 0. The lowest BCUT2D eigenvalue weighted by atomic mass is 10.3. The summed E-state index contributed by atoms with van der Waals surface area (Å²) in [5, 5.41) is 10.7. The second-order valence-corrected chi connectivity index (χ2v) is 4.22. The van der Waals surface area contributed by atoms with Crippen molar-refractivity contribution in [1.82, 2.24) is 4.57 Å². The molecular formula is C12H16N2O5. The number of ether oxygens (including phenoxy) is 1. The van der Waals surface area contributed by atoms with Gasteiger partial charge in [-0.2, -0.15) is 0 Å². The number of esters is 1. The summed E-state index contributed by atoms with van der Waals surface area (Å²) in [6.45, 7) is 5.07. The molecule has 104 valence electrons. The van der Waals surface area contributed by atoms with E-state index in [2.05, 4.69) is 0 Å². The van der Waals surface area contributed by atoms with Crippen molar-refractivity contribution < 1.29 is 14.5 Å². The molecular weight excluding hydrogens is 252 g/mol. The zero-order valence-corrected chi connectivity index (χ0v) is 11.0. The Labute approximate surface area is 110 Å². The van der Waals surface area contributed by atoms with Crippen molar-refractivity contribution in [1.29, 1.82) is 0 Å². The molecule has 1 aromatic rings. The van der Waals surface area contributed by atoms with E-state index < -0.39 is 22.5 Å². The third-order valence-corrected chi connectivity index (χ3v) is 2.78. The molecule has 0 bridgehead atoms. The molecule has 1 heterocycles. The van der Waals surface area contributed by atoms with Crippen LogP contribution in [0.2, 0.25) is 0 Å². The molecule has 1 aromatic heterocycles. The van der Waals surface area contributed by atoms with Gasteiger partial charge in [0.15, 0.2) is 0 Å². The Kier molecular flexibility index (Phi) is 4.80. The summed E-state index contributed by atoms with van der Waals surface area (Å²) in [7, 11) is 0. The van der Waals surface area contributed by atoms with Gasteiger partial charge in [0.1, 0.15) is 6.04 Å². The molecule has 2 unspecified atom stereocenters. The second-order valence-electron chi connectivity index (χ2n) is 4.22. The Hall–Kier alpha value is -2.18. The fourth-order valence-corrected chi connectivity index (χ4v) is 1.40. The van der Waals surface area contributed by atoms with Crippen LogP contribution in [0.25, 0.3) is 0 Å².